The molecular weight excluding hydrogens is 264 g/mol. The monoisotopic (exact) mass is 296 g/mol. The Kier molecular flexibility index (Phi) is 7.64. The first-order valence-electron chi connectivity index (χ1n) is 7.94. The lowest BCUT2D eigenvalue weighted by molar-refractivity contribution is -0.165. The van der Waals surface area contributed by atoms with Gasteiger partial charge in [-0.3, -0.25) is 0 Å². The number of aliphatic hydroxyl groups is 1. The van der Waals surface area contributed by atoms with Gasteiger partial charge in [-0.15, -0.1) is 0 Å². The highest BCUT2D eigenvalue weighted by Crippen LogP contribution is 2.43. The lowest BCUT2D eigenvalue weighted by Gasteiger charge is -2.42. The number of ether oxygens (including phenoxy) is 2. The largest absolute Gasteiger partial charge is 0.392 e. The molecule has 21 heavy (non-hydrogen) atoms. The molecule has 0 fully saturated rings. The summed E-state index contributed by atoms with van der Waals surface area (Å²) in [6.45, 7) is 8.87. The molecule has 0 aromatic carbocycles. The van der Waals surface area contributed by atoms with Crippen molar-refractivity contribution in [2.24, 2.45) is 23.7 Å². The van der Waals surface area contributed by atoms with E-state index < -0.39 is 0 Å². The van der Waals surface area contributed by atoms with E-state index in [4.69, 9.17) is 9.47 Å². The van der Waals surface area contributed by atoms with Crippen molar-refractivity contribution >= 4 is 0 Å². The molecule has 1 N–H and O–H groups in total. The molecule has 0 saturated heterocycles. The molecule has 122 valence electrons. The lowest BCUT2D eigenvalue weighted by atomic mass is 9.66. The van der Waals surface area contributed by atoms with Crippen LogP contribution in [0.3, 0.4) is 0 Å². The fourth-order valence-corrected chi connectivity index (χ4v) is 3.49. The quantitative estimate of drug-likeness (QED) is 0.574. The lowest BCUT2D eigenvalue weighted by Crippen LogP contribution is -2.41. The molecule has 0 aromatic rings. The highest BCUT2D eigenvalue weighted by Gasteiger charge is 2.40. The van der Waals surface area contributed by atoms with Crippen LogP contribution in [0.2, 0.25) is 0 Å². The van der Waals surface area contributed by atoms with Crippen LogP contribution in [0.5, 0.6) is 0 Å². The topological polar surface area (TPSA) is 38.7 Å². The van der Waals surface area contributed by atoms with Crippen molar-refractivity contribution in [3.8, 4) is 0 Å². The number of aliphatic hydroxyl groups excluding tert-OH is 1. The molecule has 0 radical (unpaired) electrons. The first-order chi connectivity index (χ1) is 9.96. The van der Waals surface area contributed by atoms with Gasteiger partial charge in [-0.05, 0) is 44.4 Å². The third kappa shape index (κ3) is 4.67. The summed E-state index contributed by atoms with van der Waals surface area (Å²) < 4.78 is 11.2. The second-order valence-corrected chi connectivity index (χ2v) is 6.56. The van der Waals surface area contributed by atoms with Crippen LogP contribution in [0, 0.1) is 23.7 Å². The van der Waals surface area contributed by atoms with E-state index in [-0.39, 0.29) is 12.9 Å². The van der Waals surface area contributed by atoms with Gasteiger partial charge < -0.3 is 14.6 Å². The van der Waals surface area contributed by atoms with E-state index in [0.29, 0.717) is 23.7 Å². The van der Waals surface area contributed by atoms with E-state index in [1.54, 1.807) is 14.2 Å². The molecule has 0 bridgehead atoms. The third-order valence-corrected chi connectivity index (χ3v) is 4.86. The van der Waals surface area contributed by atoms with Crippen LogP contribution in [0.25, 0.3) is 0 Å². The maximum absolute atomic E-state index is 9.21. The Bertz CT molecular complexity index is 367. The minimum atomic E-state index is -0.172. The Labute approximate surface area is 130 Å². The van der Waals surface area contributed by atoms with Crippen molar-refractivity contribution in [3.05, 3.63) is 23.3 Å². The first kappa shape index (κ1) is 18.4. The predicted octanol–water partition coefficient (Wildman–Crippen LogP) is 3.79. The summed E-state index contributed by atoms with van der Waals surface area (Å²) in [5, 5.41) is 9.21. The van der Waals surface area contributed by atoms with E-state index in [1.165, 1.54) is 5.57 Å². The average Bonchev–Trinajstić information content (AvgIpc) is 2.47. The Morgan fingerprint density at radius 3 is 2.48 bits per heavy atom. The zero-order valence-electron chi connectivity index (χ0n) is 14.4. The van der Waals surface area contributed by atoms with Gasteiger partial charge in [-0.2, -0.15) is 0 Å². The number of hydrogen-bond donors (Lipinski definition) is 1. The van der Waals surface area contributed by atoms with E-state index in [2.05, 4.69) is 32.9 Å². The molecule has 0 amide bonds. The fourth-order valence-electron chi connectivity index (χ4n) is 3.49. The third-order valence-electron chi connectivity index (χ3n) is 4.86. The Balaban J connectivity index is 3.06. The SMILES string of the molecule is COC(OC)[C@@H]1[C@@H](C(C)C)CC=C(C)[C@@H]1C/C=C(\C)CO. The Morgan fingerprint density at radius 1 is 1.38 bits per heavy atom. The second-order valence-electron chi connectivity index (χ2n) is 6.56. The maximum Gasteiger partial charge on any atom is 0.160 e. The summed E-state index contributed by atoms with van der Waals surface area (Å²) >= 11 is 0. The molecule has 0 aromatic heterocycles. The highest BCUT2D eigenvalue weighted by molar-refractivity contribution is 5.15. The van der Waals surface area contributed by atoms with Gasteiger partial charge in [0.1, 0.15) is 0 Å². The predicted molar refractivity (Wildman–Crippen MR) is 86.9 cm³/mol. The molecule has 0 heterocycles. The van der Waals surface area contributed by atoms with Crippen molar-refractivity contribution in [3.63, 3.8) is 0 Å². The van der Waals surface area contributed by atoms with Crippen molar-refractivity contribution in [2.45, 2.75) is 46.8 Å². The van der Waals surface area contributed by atoms with Crippen LogP contribution in [0.1, 0.15) is 40.5 Å². The van der Waals surface area contributed by atoms with Crippen LogP contribution in [-0.2, 0) is 9.47 Å². The second kappa shape index (κ2) is 8.72. The summed E-state index contributed by atoms with van der Waals surface area (Å²) in [6.07, 6.45) is 6.38. The zero-order valence-corrected chi connectivity index (χ0v) is 14.4. The van der Waals surface area contributed by atoms with E-state index >= 15 is 0 Å². The standard InChI is InChI=1S/C18H32O3/c1-12(2)15-10-8-14(4)16(9-7-13(3)11-19)17(15)18(20-5)21-6/h7-8,12,15-19H,9-11H2,1-6H3/b13-7+/t15-,16+,17-/m1/s1. The van der Waals surface area contributed by atoms with Crippen LogP contribution in [0.15, 0.2) is 23.3 Å². The van der Waals surface area contributed by atoms with Gasteiger partial charge in [0.05, 0.1) is 6.61 Å². The van der Waals surface area contributed by atoms with Crippen molar-refractivity contribution < 1.29 is 14.6 Å². The Morgan fingerprint density at radius 2 is 2.00 bits per heavy atom. The average molecular weight is 296 g/mol. The van der Waals surface area contributed by atoms with Gasteiger partial charge in [0.2, 0.25) is 0 Å². The highest BCUT2D eigenvalue weighted by atomic mass is 16.7. The van der Waals surface area contributed by atoms with Crippen LogP contribution in [0.4, 0.5) is 0 Å². The smallest absolute Gasteiger partial charge is 0.160 e. The normalized spacial score (nSPS) is 27.4. The summed E-state index contributed by atoms with van der Waals surface area (Å²) in [6, 6.07) is 0. The summed E-state index contributed by atoms with van der Waals surface area (Å²) in [5.74, 6) is 1.93. The fraction of sp³-hybridized carbons (Fsp3) is 0.778. The van der Waals surface area contributed by atoms with Gasteiger partial charge >= 0.3 is 0 Å². The molecular formula is C18H32O3. The zero-order chi connectivity index (χ0) is 16.0. The van der Waals surface area contributed by atoms with Gasteiger partial charge in [0.15, 0.2) is 6.29 Å². The summed E-state index contributed by atoms with van der Waals surface area (Å²) in [7, 11) is 3.45. The maximum atomic E-state index is 9.21. The number of rotatable bonds is 7. The van der Waals surface area contributed by atoms with Crippen molar-refractivity contribution in [1.29, 1.82) is 0 Å². The summed E-state index contributed by atoms with van der Waals surface area (Å²) in [4.78, 5) is 0. The minimum absolute atomic E-state index is 0.131. The van der Waals surface area contributed by atoms with E-state index in [1.807, 2.05) is 6.92 Å². The molecule has 0 unspecified atom stereocenters. The van der Waals surface area contributed by atoms with Gasteiger partial charge in [0, 0.05) is 20.1 Å². The molecule has 0 spiro atoms. The molecule has 0 saturated carbocycles. The number of methoxy groups -OCH3 is 2. The Hall–Kier alpha value is -0.640. The molecule has 1 rings (SSSR count). The summed E-state index contributed by atoms with van der Waals surface area (Å²) in [5.41, 5.74) is 2.44. The minimum Gasteiger partial charge on any atom is -0.392 e. The number of allylic oxidation sites excluding steroid dienone is 3. The van der Waals surface area contributed by atoms with Crippen molar-refractivity contribution in [2.75, 3.05) is 20.8 Å². The van der Waals surface area contributed by atoms with Crippen LogP contribution < -0.4 is 0 Å². The molecule has 1 aliphatic rings. The van der Waals surface area contributed by atoms with Crippen LogP contribution in [-0.4, -0.2) is 32.2 Å². The van der Waals surface area contributed by atoms with E-state index in [0.717, 1.165) is 18.4 Å². The molecule has 1 aliphatic carbocycles. The number of hydrogen-bond acceptors (Lipinski definition) is 3. The molecule has 3 atom stereocenters. The van der Waals surface area contributed by atoms with Crippen LogP contribution >= 0.6 is 0 Å². The molecule has 0 aliphatic heterocycles. The van der Waals surface area contributed by atoms with Crippen molar-refractivity contribution in [1.82, 2.24) is 0 Å². The van der Waals surface area contributed by atoms with E-state index in [9.17, 15) is 5.11 Å². The first-order valence-corrected chi connectivity index (χ1v) is 7.94. The molecule has 3 nitrogen and oxygen atoms in total. The molecule has 3 heteroatoms. The van der Waals surface area contributed by atoms with Gasteiger partial charge in [0.25, 0.3) is 0 Å². The van der Waals surface area contributed by atoms with Gasteiger partial charge in [-0.25, -0.2) is 0 Å². The van der Waals surface area contributed by atoms with Gasteiger partial charge in [-0.1, -0.05) is 37.1 Å².